The summed E-state index contributed by atoms with van der Waals surface area (Å²) in [6.07, 6.45) is 6.52. The molecule has 0 aromatic heterocycles. The summed E-state index contributed by atoms with van der Waals surface area (Å²) in [7, 11) is 0. The highest BCUT2D eigenvalue weighted by Crippen LogP contribution is 2.18. The van der Waals surface area contributed by atoms with E-state index in [1.54, 1.807) is 32.0 Å². The van der Waals surface area contributed by atoms with Crippen LogP contribution in [-0.4, -0.2) is 25.2 Å². The Kier molecular flexibility index (Phi) is 9.03. The number of hydrogen-bond donors (Lipinski definition) is 0. The molecule has 23 heavy (non-hydrogen) atoms. The van der Waals surface area contributed by atoms with Crippen LogP contribution in [0.5, 0.6) is 0 Å². The molecule has 1 aromatic carbocycles. The van der Waals surface area contributed by atoms with Crippen molar-refractivity contribution in [3.8, 4) is 0 Å². The summed E-state index contributed by atoms with van der Waals surface area (Å²) in [5.74, 6) is -0.679. The Balaban J connectivity index is 2.87. The Bertz CT molecular complexity index is 508. The van der Waals surface area contributed by atoms with Crippen LogP contribution in [0.25, 0.3) is 0 Å². The Morgan fingerprint density at radius 1 is 0.870 bits per heavy atom. The van der Waals surface area contributed by atoms with Gasteiger partial charge in [-0.15, -0.1) is 0 Å². The maximum atomic E-state index is 12.1. The summed E-state index contributed by atoms with van der Waals surface area (Å²) >= 11 is 0. The average Bonchev–Trinajstić information content (AvgIpc) is 2.55. The smallest absolute Gasteiger partial charge is 0.338 e. The van der Waals surface area contributed by atoms with Crippen molar-refractivity contribution >= 4 is 11.9 Å². The molecular formula is C19H28O4. The monoisotopic (exact) mass is 320 g/mol. The maximum Gasteiger partial charge on any atom is 0.338 e. The first-order valence-electron chi connectivity index (χ1n) is 8.61. The molecule has 128 valence electrons. The van der Waals surface area contributed by atoms with Crippen LogP contribution < -0.4 is 0 Å². The fourth-order valence-electron chi connectivity index (χ4n) is 2.47. The van der Waals surface area contributed by atoms with Crippen LogP contribution in [0.4, 0.5) is 0 Å². The molecule has 4 heteroatoms. The molecule has 0 saturated carbocycles. The van der Waals surface area contributed by atoms with E-state index >= 15 is 0 Å². The Labute approximate surface area is 139 Å². The van der Waals surface area contributed by atoms with E-state index in [4.69, 9.17) is 9.47 Å². The van der Waals surface area contributed by atoms with E-state index in [0.717, 1.165) is 24.8 Å². The van der Waals surface area contributed by atoms with E-state index in [1.807, 2.05) is 0 Å². The van der Waals surface area contributed by atoms with Crippen molar-refractivity contribution in [2.45, 2.75) is 59.3 Å². The lowest BCUT2D eigenvalue weighted by Gasteiger charge is -2.11. The molecule has 0 heterocycles. The van der Waals surface area contributed by atoms with E-state index < -0.39 is 0 Å². The van der Waals surface area contributed by atoms with Crippen molar-refractivity contribution in [3.05, 3.63) is 34.9 Å². The van der Waals surface area contributed by atoms with Gasteiger partial charge in [0.05, 0.1) is 24.3 Å². The number of rotatable bonds is 10. The van der Waals surface area contributed by atoms with E-state index in [-0.39, 0.29) is 11.9 Å². The summed E-state index contributed by atoms with van der Waals surface area (Å²) in [6, 6.07) is 5.07. The maximum absolute atomic E-state index is 12.1. The summed E-state index contributed by atoms with van der Waals surface area (Å²) < 4.78 is 10.1. The molecule has 1 rings (SSSR count). The number of hydrogen-bond acceptors (Lipinski definition) is 4. The van der Waals surface area contributed by atoms with Gasteiger partial charge in [-0.25, -0.2) is 9.59 Å². The zero-order valence-corrected chi connectivity index (χ0v) is 14.5. The quantitative estimate of drug-likeness (QED) is 0.469. The van der Waals surface area contributed by atoms with E-state index in [2.05, 4.69) is 6.92 Å². The van der Waals surface area contributed by atoms with Gasteiger partial charge in [0.25, 0.3) is 0 Å². The molecule has 4 nitrogen and oxygen atoms in total. The van der Waals surface area contributed by atoms with Crippen LogP contribution in [0.15, 0.2) is 18.2 Å². The van der Waals surface area contributed by atoms with Gasteiger partial charge in [0.2, 0.25) is 0 Å². The summed E-state index contributed by atoms with van der Waals surface area (Å²) in [6.45, 7) is 6.43. The Morgan fingerprint density at radius 2 is 1.52 bits per heavy atom. The molecule has 0 aliphatic heterocycles. The lowest BCUT2D eigenvalue weighted by Crippen LogP contribution is -2.11. The van der Waals surface area contributed by atoms with Crippen LogP contribution in [0, 0.1) is 0 Å². The van der Waals surface area contributed by atoms with Crippen LogP contribution in [-0.2, 0) is 15.9 Å². The number of esters is 2. The predicted molar refractivity (Wildman–Crippen MR) is 90.8 cm³/mol. The van der Waals surface area contributed by atoms with Gasteiger partial charge in [-0.2, -0.15) is 0 Å². The molecule has 0 aliphatic carbocycles. The third-order valence-corrected chi connectivity index (χ3v) is 3.66. The molecule has 0 saturated heterocycles. The minimum Gasteiger partial charge on any atom is -0.462 e. The largest absolute Gasteiger partial charge is 0.462 e. The highest BCUT2D eigenvalue weighted by molar-refractivity contribution is 5.94. The molecule has 0 bridgehead atoms. The molecule has 1 aromatic rings. The minimum absolute atomic E-state index is 0.327. The molecule has 0 aliphatic rings. The van der Waals surface area contributed by atoms with Gasteiger partial charge in [0.1, 0.15) is 0 Å². The Morgan fingerprint density at radius 3 is 2.17 bits per heavy atom. The van der Waals surface area contributed by atoms with Gasteiger partial charge < -0.3 is 9.47 Å². The zero-order chi connectivity index (χ0) is 17.1. The normalized spacial score (nSPS) is 10.4. The number of unbranched alkanes of at least 4 members (excludes halogenated alkanes) is 4. The second kappa shape index (κ2) is 10.8. The lowest BCUT2D eigenvalue weighted by atomic mass is 9.98. The first-order valence-corrected chi connectivity index (χ1v) is 8.61. The van der Waals surface area contributed by atoms with Crippen LogP contribution in [0.2, 0.25) is 0 Å². The first kappa shape index (κ1) is 19.2. The van der Waals surface area contributed by atoms with Crippen LogP contribution in [0.3, 0.4) is 0 Å². The van der Waals surface area contributed by atoms with Crippen LogP contribution in [0.1, 0.15) is 79.2 Å². The molecule has 0 fully saturated rings. The first-order chi connectivity index (χ1) is 11.1. The van der Waals surface area contributed by atoms with Gasteiger partial charge >= 0.3 is 11.9 Å². The predicted octanol–water partition coefficient (Wildman–Crippen LogP) is 4.55. The third kappa shape index (κ3) is 6.43. The molecule has 0 atom stereocenters. The molecule has 0 amide bonds. The number of aryl methyl sites for hydroxylation is 1. The SMILES string of the molecule is CCCCCCCc1cc(C(=O)OCC)ccc1C(=O)OCC. The highest BCUT2D eigenvalue weighted by Gasteiger charge is 2.16. The molecule has 0 spiro atoms. The molecule has 0 unspecified atom stereocenters. The number of benzene rings is 1. The molecule has 0 radical (unpaired) electrons. The van der Waals surface area contributed by atoms with Crippen molar-refractivity contribution in [1.82, 2.24) is 0 Å². The summed E-state index contributed by atoms with van der Waals surface area (Å²) in [4.78, 5) is 23.9. The van der Waals surface area contributed by atoms with Crippen molar-refractivity contribution in [1.29, 1.82) is 0 Å². The number of carbonyl (C=O) groups is 2. The van der Waals surface area contributed by atoms with Gasteiger partial charge in [-0.1, -0.05) is 32.6 Å². The van der Waals surface area contributed by atoms with Crippen molar-refractivity contribution in [2.24, 2.45) is 0 Å². The fourth-order valence-corrected chi connectivity index (χ4v) is 2.47. The summed E-state index contributed by atoms with van der Waals surface area (Å²) in [5.41, 5.74) is 1.91. The second-order valence-electron chi connectivity index (χ2n) is 5.48. The van der Waals surface area contributed by atoms with Gasteiger partial charge in [-0.05, 0) is 50.5 Å². The van der Waals surface area contributed by atoms with Gasteiger partial charge in [0.15, 0.2) is 0 Å². The highest BCUT2D eigenvalue weighted by atomic mass is 16.5. The number of carbonyl (C=O) groups excluding carboxylic acids is 2. The summed E-state index contributed by atoms with van der Waals surface area (Å²) in [5, 5.41) is 0. The zero-order valence-electron chi connectivity index (χ0n) is 14.5. The van der Waals surface area contributed by atoms with E-state index in [9.17, 15) is 9.59 Å². The standard InChI is InChI=1S/C19H28O4/c1-4-7-8-9-10-11-15-14-16(18(20)22-5-2)12-13-17(15)19(21)23-6-3/h12-14H,4-11H2,1-3H3. The second-order valence-corrected chi connectivity index (χ2v) is 5.48. The average molecular weight is 320 g/mol. The molecule has 0 N–H and O–H groups in total. The molecular weight excluding hydrogens is 292 g/mol. The number of ether oxygens (including phenoxy) is 2. The third-order valence-electron chi connectivity index (χ3n) is 3.66. The topological polar surface area (TPSA) is 52.6 Å². The van der Waals surface area contributed by atoms with E-state index in [1.165, 1.54) is 19.3 Å². The fraction of sp³-hybridized carbons (Fsp3) is 0.579. The Hall–Kier alpha value is -1.84. The minimum atomic E-state index is -0.352. The van der Waals surface area contributed by atoms with Gasteiger partial charge in [0, 0.05) is 0 Å². The van der Waals surface area contributed by atoms with Gasteiger partial charge in [-0.3, -0.25) is 0 Å². The van der Waals surface area contributed by atoms with Crippen molar-refractivity contribution < 1.29 is 19.1 Å². The lowest BCUT2D eigenvalue weighted by molar-refractivity contribution is 0.0510. The van der Waals surface area contributed by atoms with Crippen LogP contribution >= 0.6 is 0 Å². The van der Waals surface area contributed by atoms with E-state index in [0.29, 0.717) is 24.3 Å². The van der Waals surface area contributed by atoms with Crippen molar-refractivity contribution in [2.75, 3.05) is 13.2 Å². The van der Waals surface area contributed by atoms with Crippen molar-refractivity contribution in [3.63, 3.8) is 0 Å².